The monoisotopic (exact) mass is 360 g/mol. The van der Waals surface area contributed by atoms with Gasteiger partial charge in [0, 0.05) is 26.1 Å². The van der Waals surface area contributed by atoms with Crippen LogP contribution in [0.1, 0.15) is 33.1 Å². The summed E-state index contributed by atoms with van der Waals surface area (Å²) in [7, 11) is -3.51. The highest BCUT2D eigenvalue weighted by atomic mass is 35.5. The SMILES string of the molecule is CCCN(CCC)C(=O)CCN(c1ccccc1Cl)S(C)(=O)=O. The van der Waals surface area contributed by atoms with Crippen molar-refractivity contribution in [1.29, 1.82) is 0 Å². The van der Waals surface area contributed by atoms with Crippen LogP contribution in [0.4, 0.5) is 5.69 Å². The molecule has 0 aliphatic heterocycles. The van der Waals surface area contributed by atoms with Crippen molar-refractivity contribution in [2.24, 2.45) is 0 Å². The molecular weight excluding hydrogens is 336 g/mol. The summed E-state index contributed by atoms with van der Waals surface area (Å²) in [5.74, 6) is -0.0330. The van der Waals surface area contributed by atoms with E-state index in [1.54, 1.807) is 29.2 Å². The third kappa shape index (κ3) is 6.03. The zero-order chi connectivity index (χ0) is 17.5. The molecule has 0 atom stereocenters. The largest absolute Gasteiger partial charge is 0.343 e. The number of benzene rings is 1. The van der Waals surface area contributed by atoms with Crippen molar-refractivity contribution in [3.05, 3.63) is 29.3 Å². The van der Waals surface area contributed by atoms with E-state index in [1.165, 1.54) is 4.31 Å². The van der Waals surface area contributed by atoms with E-state index in [0.29, 0.717) is 23.8 Å². The van der Waals surface area contributed by atoms with Gasteiger partial charge in [0.2, 0.25) is 15.9 Å². The maximum atomic E-state index is 12.3. The summed E-state index contributed by atoms with van der Waals surface area (Å²) < 4.78 is 25.3. The number of carbonyl (C=O) groups excluding carboxylic acids is 1. The van der Waals surface area contributed by atoms with Crippen LogP contribution in [0, 0.1) is 0 Å². The predicted octanol–water partition coefficient (Wildman–Crippen LogP) is 3.14. The number of nitrogens with zero attached hydrogens (tertiary/aromatic N) is 2. The molecule has 0 radical (unpaired) electrons. The summed E-state index contributed by atoms with van der Waals surface area (Å²) in [6.45, 7) is 5.51. The number of halogens is 1. The van der Waals surface area contributed by atoms with Crippen LogP contribution < -0.4 is 4.31 Å². The highest BCUT2D eigenvalue weighted by Crippen LogP contribution is 2.27. The molecule has 0 aliphatic carbocycles. The summed E-state index contributed by atoms with van der Waals surface area (Å²) in [6.07, 6.45) is 3.02. The minimum atomic E-state index is -3.51. The second-order valence-corrected chi connectivity index (χ2v) is 7.73. The van der Waals surface area contributed by atoms with Crippen molar-refractivity contribution in [2.45, 2.75) is 33.1 Å². The fourth-order valence-corrected chi connectivity index (χ4v) is 3.60. The lowest BCUT2D eigenvalue weighted by Crippen LogP contribution is -2.37. The molecule has 1 rings (SSSR count). The zero-order valence-electron chi connectivity index (χ0n) is 14.0. The van der Waals surface area contributed by atoms with Crippen LogP contribution in [0.3, 0.4) is 0 Å². The topological polar surface area (TPSA) is 57.7 Å². The van der Waals surface area contributed by atoms with E-state index in [1.807, 2.05) is 13.8 Å². The molecule has 130 valence electrons. The Balaban J connectivity index is 2.88. The Morgan fingerprint density at radius 1 is 1.09 bits per heavy atom. The minimum absolute atomic E-state index is 0.0330. The number of carbonyl (C=O) groups is 1. The average Bonchev–Trinajstić information content (AvgIpc) is 2.47. The minimum Gasteiger partial charge on any atom is -0.343 e. The van der Waals surface area contributed by atoms with E-state index < -0.39 is 10.0 Å². The summed E-state index contributed by atoms with van der Waals surface area (Å²) in [4.78, 5) is 14.1. The average molecular weight is 361 g/mol. The molecular formula is C16H25ClN2O3S. The summed E-state index contributed by atoms with van der Waals surface area (Å²) in [5.41, 5.74) is 0.405. The number of sulfonamides is 1. The zero-order valence-corrected chi connectivity index (χ0v) is 15.5. The Hall–Kier alpha value is -1.27. The molecule has 0 N–H and O–H groups in total. The molecule has 0 fully saturated rings. The first-order valence-corrected chi connectivity index (χ1v) is 10.0. The van der Waals surface area contributed by atoms with Crippen LogP contribution in [-0.4, -0.2) is 45.1 Å². The summed E-state index contributed by atoms with van der Waals surface area (Å²) >= 11 is 6.10. The van der Waals surface area contributed by atoms with Crippen LogP contribution in [-0.2, 0) is 14.8 Å². The first-order valence-electron chi connectivity index (χ1n) is 7.81. The van der Waals surface area contributed by atoms with Crippen LogP contribution in [0.2, 0.25) is 5.02 Å². The van der Waals surface area contributed by atoms with Gasteiger partial charge in [0.15, 0.2) is 0 Å². The Labute approximate surface area is 144 Å². The van der Waals surface area contributed by atoms with Gasteiger partial charge in [0.05, 0.1) is 17.0 Å². The van der Waals surface area contributed by atoms with Gasteiger partial charge in [-0.2, -0.15) is 0 Å². The highest BCUT2D eigenvalue weighted by Gasteiger charge is 2.22. The van der Waals surface area contributed by atoms with E-state index in [9.17, 15) is 13.2 Å². The molecule has 0 heterocycles. The molecule has 1 aromatic rings. The third-order valence-corrected chi connectivity index (χ3v) is 4.89. The van der Waals surface area contributed by atoms with Crippen molar-refractivity contribution in [3.8, 4) is 0 Å². The van der Waals surface area contributed by atoms with E-state index in [-0.39, 0.29) is 18.9 Å². The van der Waals surface area contributed by atoms with E-state index in [2.05, 4.69) is 0 Å². The Morgan fingerprint density at radius 3 is 2.13 bits per heavy atom. The lowest BCUT2D eigenvalue weighted by atomic mass is 10.2. The van der Waals surface area contributed by atoms with Crippen molar-refractivity contribution in [2.75, 3.05) is 30.2 Å². The summed E-state index contributed by atoms with van der Waals surface area (Å²) in [5, 5.41) is 0.351. The molecule has 0 aromatic heterocycles. The van der Waals surface area contributed by atoms with Gasteiger partial charge < -0.3 is 4.90 Å². The molecule has 0 saturated carbocycles. The maximum Gasteiger partial charge on any atom is 0.232 e. The van der Waals surface area contributed by atoms with E-state index in [4.69, 9.17) is 11.6 Å². The van der Waals surface area contributed by atoms with Gasteiger partial charge in [0.25, 0.3) is 0 Å². The number of para-hydroxylation sites is 1. The van der Waals surface area contributed by atoms with Crippen LogP contribution in [0.15, 0.2) is 24.3 Å². The number of rotatable bonds is 9. The molecule has 0 bridgehead atoms. The number of hydrogen-bond donors (Lipinski definition) is 0. The molecule has 7 heteroatoms. The molecule has 0 unspecified atom stereocenters. The predicted molar refractivity (Wildman–Crippen MR) is 95.4 cm³/mol. The normalized spacial score (nSPS) is 11.3. The first-order chi connectivity index (χ1) is 10.8. The maximum absolute atomic E-state index is 12.3. The molecule has 5 nitrogen and oxygen atoms in total. The summed E-state index contributed by atoms with van der Waals surface area (Å²) in [6, 6.07) is 6.74. The molecule has 0 aliphatic rings. The van der Waals surface area contributed by atoms with Gasteiger partial charge in [0.1, 0.15) is 0 Å². The second-order valence-electron chi connectivity index (χ2n) is 5.42. The fourth-order valence-electron chi connectivity index (χ4n) is 2.38. The van der Waals surface area contributed by atoms with Crippen molar-refractivity contribution in [1.82, 2.24) is 4.90 Å². The molecule has 1 aromatic carbocycles. The van der Waals surface area contributed by atoms with E-state index in [0.717, 1.165) is 19.1 Å². The van der Waals surface area contributed by atoms with Crippen molar-refractivity contribution < 1.29 is 13.2 Å². The van der Waals surface area contributed by atoms with Crippen molar-refractivity contribution in [3.63, 3.8) is 0 Å². The molecule has 1 amide bonds. The number of hydrogen-bond acceptors (Lipinski definition) is 3. The van der Waals surface area contributed by atoms with Gasteiger partial charge in [-0.25, -0.2) is 8.42 Å². The van der Waals surface area contributed by atoms with Gasteiger partial charge in [-0.1, -0.05) is 37.6 Å². The van der Waals surface area contributed by atoms with Crippen LogP contribution in [0.25, 0.3) is 0 Å². The van der Waals surface area contributed by atoms with Crippen molar-refractivity contribution >= 4 is 33.2 Å². The number of amides is 1. The molecule has 23 heavy (non-hydrogen) atoms. The van der Waals surface area contributed by atoms with Gasteiger partial charge >= 0.3 is 0 Å². The second kappa shape index (κ2) is 9.13. The van der Waals surface area contributed by atoms with Gasteiger partial charge in [-0.3, -0.25) is 9.10 Å². The quantitative estimate of drug-likeness (QED) is 0.679. The lowest BCUT2D eigenvalue weighted by Gasteiger charge is -2.26. The Kier molecular flexibility index (Phi) is 7.85. The smallest absolute Gasteiger partial charge is 0.232 e. The van der Waals surface area contributed by atoms with Gasteiger partial charge in [-0.05, 0) is 25.0 Å². The molecule has 0 saturated heterocycles. The van der Waals surface area contributed by atoms with E-state index >= 15 is 0 Å². The Morgan fingerprint density at radius 2 is 1.65 bits per heavy atom. The molecule has 0 spiro atoms. The highest BCUT2D eigenvalue weighted by molar-refractivity contribution is 7.92. The fraction of sp³-hybridized carbons (Fsp3) is 0.562. The number of anilines is 1. The standard InChI is InChI=1S/C16H25ClN2O3S/c1-4-11-18(12-5-2)16(20)10-13-19(23(3,21)22)15-9-7-6-8-14(15)17/h6-9H,4-5,10-13H2,1-3H3. The third-order valence-electron chi connectivity index (χ3n) is 3.39. The van der Waals surface area contributed by atoms with Gasteiger partial charge in [-0.15, -0.1) is 0 Å². The van der Waals surface area contributed by atoms with Crippen LogP contribution >= 0.6 is 11.6 Å². The lowest BCUT2D eigenvalue weighted by molar-refractivity contribution is -0.131. The first kappa shape index (κ1) is 19.8. The Bertz CT molecular complexity index is 614. The van der Waals surface area contributed by atoms with Crippen LogP contribution in [0.5, 0.6) is 0 Å².